The second kappa shape index (κ2) is 6.14. The molecular formula is C22H20O4SiTi. The van der Waals surface area contributed by atoms with E-state index in [1.54, 1.807) is 0 Å². The van der Waals surface area contributed by atoms with Crippen molar-refractivity contribution in [1.29, 1.82) is 0 Å². The zero-order chi connectivity index (χ0) is 19.5. The van der Waals surface area contributed by atoms with Crippen LogP contribution in [0.1, 0.15) is 30.7 Å². The van der Waals surface area contributed by atoms with Gasteiger partial charge in [-0.05, 0) is 0 Å². The van der Waals surface area contributed by atoms with Crippen LogP contribution in [0.3, 0.4) is 0 Å². The molecule has 2 atom stereocenters. The van der Waals surface area contributed by atoms with Gasteiger partial charge in [0, 0.05) is 0 Å². The minimum atomic E-state index is -4.06. The second-order valence-electron chi connectivity index (χ2n) is 8.10. The van der Waals surface area contributed by atoms with Crippen LogP contribution in [0, 0.1) is 0 Å². The summed E-state index contributed by atoms with van der Waals surface area (Å²) in [5.41, 5.74) is 4.56. The molecule has 140 valence electrons. The molecule has 2 aliphatic carbocycles. The average Bonchev–Trinajstić information content (AvgIpc) is 3.28. The van der Waals surface area contributed by atoms with Crippen molar-refractivity contribution in [2.24, 2.45) is 0 Å². The Morgan fingerprint density at radius 3 is 1.64 bits per heavy atom. The van der Waals surface area contributed by atoms with E-state index >= 15 is 0 Å². The molecule has 2 aromatic carbocycles. The van der Waals surface area contributed by atoms with E-state index in [-0.39, 0.29) is 8.45 Å². The van der Waals surface area contributed by atoms with Crippen molar-refractivity contribution >= 4 is 33.2 Å². The fourth-order valence-corrected chi connectivity index (χ4v) is 19.3. The summed E-state index contributed by atoms with van der Waals surface area (Å²) in [6.45, 7) is 5.72. The summed E-state index contributed by atoms with van der Waals surface area (Å²) in [6, 6.07) is 16.4. The Morgan fingerprint density at radius 2 is 1.21 bits per heavy atom. The Morgan fingerprint density at radius 1 is 0.786 bits per heavy atom. The SMILES string of the molecule is C[Si]1(C)C2=Cc3ccccc3[CH]2[Ti]([O]C=O)([O]C=O)[CH]2C1=Cc1ccccc12. The third-order valence-electron chi connectivity index (χ3n) is 6.57. The van der Waals surface area contributed by atoms with Crippen LogP contribution in [0.5, 0.6) is 0 Å². The van der Waals surface area contributed by atoms with Crippen LogP contribution in [0.4, 0.5) is 0 Å². The first-order valence-corrected chi connectivity index (χ1v) is 15.5. The van der Waals surface area contributed by atoms with Gasteiger partial charge in [0.25, 0.3) is 0 Å². The maximum atomic E-state index is 11.7. The van der Waals surface area contributed by atoms with Crippen molar-refractivity contribution in [3.8, 4) is 0 Å². The van der Waals surface area contributed by atoms with Gasteiger partial charge in [0.1, 0.15) is 0 Å². The average molecular weight is 424 g/mol. The molecule has 1 heterocycles. The van der Waals surface area contributed by atoms with Gasteiger partial charge in [-0.25, -0.2) is 0 Å². The zero-order valence-electron chi connectivity index (χ0n) is 15.7. The number of allylic oxidation sites excluding steroid dienone is 2. The summed E-state index contributed by atoms with van der Waals surface area (Å²) in [7, 11) is -2.02. The molecule has 28 heavy (non-hydrogen) atoms. The summed E-state index contributed by atoms with van der Waals surface area (Å²) < 4.78 is 11.7. The molecular weight excluding hydrogens is 404 g/mol. The standard InChI is InChI=1S/C20H18Si.2CH2O2.Ti/c1-21(2,19-11-15-7-3-4-8-16(15)12-19)20-13-17-9-5-6-10-18(17)14-20;2*2-1-3;/h3-14H,1-2H3;2*1H,(H,2,3);/q;;;+2/p-2. The number of fused-ring (bicyclic) bond motifs is 6. The van der Waals surface area contributed by atoms with E-state index in [2.05, 4.69) is 49.5 Å². The van der Waals surface area contributed by atoms with Crippen molar-refractivity contribution in [1.82, 2.24) is 0 Å². The van der Waals surface area contributed by atoms with E-state index < -0.39 is 25.4 Å². The molecule has 2 aromatic rings. The summed E-state index contributed by atoms with van der Waals surface area (Å²) in [6.07, 6.45) is 4.52. The van der Waals surface area contributed by atoms with Gasteiger partial charge < -0.3 is 0 Å². The Kier molecular flexibility index (Phi) is 3.92. The van der Waals surface area contributed by atoms with Crippen LogP contribution in [0.25, 0.3) is 12.2 Å². The topological polar surface area (TPSA) is 52.6 Å². The van der Waals surface area contributed by atoms with Crippen LogP contribution in [-0.2, 0) is 33.6 Å². The summed E-state index contributed by atoms with van der Waals surface area (Å²) >= 11 is -4.06. The Balaban J connectivity index is 1.85. The summed E-state index contributed by atoms with van der Waals surface area (Å²) in [5, 5.41) is 2.63. The van der Waals surface area contributed by atoms with E-state index in [0.29, 0.717) is 12.9 Å². The molecule has 1 aliphatic heterocycles. The number of hydrogen-bond acceptors (Lipinski definition) is 4. The molecule has 0 N–H and O–H groups in total. The van der Waals surface area contributed by atoms with E-state index in [1.807, 2.05) is 24.3 Å². The Hall–Kier alpha value is -2.21. The van der Waals surface area contributed by atoms with Gasteiger partial charge >= 0.3 is 169 Å². The van der Waals surface area contributed by atoms with Gasteiger partial charge in [0.05, 0.1) is 0 Å². The monoisotopic (exact) mass is 424 g/mol. The third-order valence-corrected chi connectivity index (χ3v) is 17.1. The van der Waals surface area contributed by atoms with Gasteiger partial charge in [-0.15, -0.1) is 0 Å². The molecule has 2 unspecified atom stereocenters. The maximum absolute atomic E-state index is 11.7. The number of benzene rings is 2. The fraction of sp³-hybridized carbons (Fsp3) is 0.182. The van der Waals surface area contributed by atoms with Gasteiger partial charge in [-0.1, -0.05) is 0 Å². The Bertz CT molecular complexity index is 988. The predicted octanol–water partition coefficient (Wildman–Crippen LogP) is 4.39. The minimum absolute atomic E-state index is 0.110. The zero-order valence-corrected chi connectivity index (χ0v) is 18.3. The summed E-state index contributed by atoms with van der Waals surface area (Å²) in [4.78, 5) is 23.4. The van der Waals surface area contributed by atoms with E-state index in [1.165, 1.54) is 10.4 Å². The molecule has 0 radical (unpaired) electrons. The van der Waals surface area contributed by atoms with Crippen molar-refractivity contribution in [2.45, 2.75) is 21.5 Å². The van der Waals surface area contributed by atoms with E-state index in [0.717, 1.165) is 22.3 Å². The van der Waals surface area contributed by atoms with Crippen LogP contribution in [0.2, 0.25) is 13.1 Å². The van der Waals surface area contributed by atoms with E-state index in [4.69, 9.17) is 6.64 Å². The molecule has 0 amide bonds. The van der Waals surface area contributed by atoms with Crippen LogP contribution in [0.15, 0.2) is 58.9 Å². The molecule has 5 rings (SSSR count). The fourth-order valence-electron chi connectivity index (χ4n) is 5.38. The number of carbonyl (C=O) groups is 2. The normalized spacial score (nSPS) is 24.6. The van der Waals surface area contributed by atoms with Gasteiger partial charge in [-0.3, -0.25) is 0 Å². The van der Waals surface area contributed by atoms with Crippen molar-refractivity contribution in [3.05, 3.63) is 81.2 Å². The first-order chi connectivity index (χ1) is 13.5. The number of hydrogen-bond donors (Lipinski definition) is 0. The van der Waals surface area contributed by atoms with E-state index in [9.17, 15) is 9.59 Å². The molecule has 3 aliphatic rings. The molecule has 0 bridgehead atoms. The van der Waals surface area contributed by atoms with Crippen LogP contribution in [-0.4, -0.2) is 21.0 Å². The second-order valence-corrected chi connectivity index (χ2v) is 17.3. The molecule has 4 nitrogen and oxygen atoms in total. The van der Waals surface area contributed by atoms with Crippen molar-refractivity contribution in [3.63, 3.8) is 0 Å². The Labute approximate surface area is 169 Å². The first kappa shape index (κ1) is 17.9. The van der Waals surface area contributed by atoms with Crippen molar-refractivity contribution < 1.29 is 33.6 Å². The van der Waals surface area contributed by atoms with Crippen molar-refractivity contribution in [2.75, 3.05) is 0 Å². The number of rotatable bonds is 4. The third kappa shape index (κ3) is 2.15. The van der Waals surface area contributed by atoms with Gasteiger partial charge in [0.2, 0.25) is 0 Å². The first-order valence-electron chi connectivity index (χ1n) is 9.39. The molecule has 0 spiro atoms. The number of carbonyl (C=O) groups excluding carboxylic acids is 2. The quantitative estimate of drug-likeness (QED) is 0.540. The van der Waals surface area contributed by atoms with Gasteiger partial charge in [-0.2, -0.15) is 0 Å². The summed E-state index contributed by atoms with van der Waals surface area (Å²) in [5.74, 6) is 0. The van der Waals surface area contributed by atoms with Gasteiger partial charge in [0.15, 0.2) is 0 Å². The molecule has 1 fully saturated rings. The van der Waals surface area contributed by atoms with Crippen LogP contribution >= 0.6 is 0 Å². The molecule has 0 aromatic heterocycles. The molecule has 0 saturated carbocycles. The molecule has 1 saturated heterocycles. The predicted molar refractivity (Wildman–Crippen MR) is 106 cm³/mol. The van der Waals surface area contributed by atoms with Crippen LogP contribution < -0.4 is 0 Å². The molecule has 6 heteroatoms.